The average molecular weight is 236 g/mol. The summed E-state index contributed by atoms with van der Waals surface area (Å²) in [4.78, 5) is 2.49. The molecule has 1 N–H and O–H groups in total. The number of likely N-dealkylation sites (tertiary alicyclic amines) is 1. The second-order valence-corrected chi connectivity index (χ2v) is 4.78. The number of benzene rings is 1. The lowest BCUT2D eigenvalue weighted by Gasteiger charge is -2.18. The Labute approximate surface area is 103 Å². The number of nitrogens with zero attached hydrogens (tertiary/aromatic N) is 1. The minimum absolute atomic E-state index is 0.169. The minimum Gasteiger partial charge on any atom is -0.309 e. The molecule has 1 atom stereocenters. The first kappa shape index (κ1) is 12.5. The van der Waals surface area contributed by atoms with E-state index >= 15 is 0 Å². The van der Waals surface area contributed by atoms with Gasteiger partial charge in [0, 0.05) is 19.1 Å². The molecule has 1 aromatic carbocycles. The lowest BCUT2D eigenvalue weighted by atomic mass is 10.1. The molecule has 1 fully saturated rings. The summed E-state index contributed by atoms with van der Waals surface area (Å²) in [6.45, 7) is 6.72. The molecule has 2 rings (SSSR count). The predicted molar refractivity (Wildman–Crippen MR) is 68.5 cm³/mol. The van der Waals surface area contributed by atoms with Gasteiger partial charge in [-0.1, -0.05) is 12.1 Å². The summed E-state index contributed by atoms with van der Waals surface area (Å²) in [7, 11) is 0. The van der Waals surface area contributed by atoms with E-state index in [4.69, 9.17) is 0 Å². The molecule has 17 heavy (non-hydrogen) atoms. The molecule has 2 nitrogen and oxygen atoms in total. The topological polar surface area (TPSA) is 15.3 Å². The molecule has 1 aliphatic heterocycles. The molecule has 1 heterocycles. The number of nitrogens with one attached hydrogen (secondary N) is 1. The molecule has 0 aliphatic carbocycles. The van der Waals surface area contributed by atoms with Crippen LogP contribution < -0.4 is 5.32 Å². The highest BCUT2D eigenvalue weighted by molar-refractivity contribution is 5.19. The highest BCUT2D eigenvalue weighted by Crippen LogP contribution is 2.12. The summed E-state index contributed by atoms with van der Waals surface area (Å²) in [5.74, 6) is -0.169. The van der Waals surface area contributed by atoms with Gasteiger partial charge in [0.15, 0.2) is 0 Å². The molecule has 0 saturated carbocycles. The van der Waals surface area contributed by atoms with Crippen molar-refractivity contribution in [1.29, 1.82) is 0 Å². The van der Waals surface area contributed by atoms with Crippen molar-refractivity contribution in [3.63, 3.8) is 0 Å². The summed E-state index contributed by atoms with van der Waals surface area (Å²) in [5.41, 5.74) is 1.15. The Morgan fingerprint density at radius 3 is 2.53 bits per heavy atom. The zero-order chi connectivity index (χ0) is 12.1. The van der Waals surface area contributed by atoms with E-state index in [-0.39, 0.29) is 5.82 Å². The highest BCUT2D eigenvalue weighted by Gasteiger charge is 2.11. The number of rotatable bonds is 5. The quantitative estimate of drug-likeness (QED) is 0.845. The fourth-order valence-electron chi connectivity index (χ4n) is 2.31. The smallest absolute Gasteiger partial charge is 0.123 e. The third-order valence-electron chi connectivity index (χ3n) is 3.45. The Morgan fingerprint density at radius 1 is 1.24 bits per heavy atom. The van der Waals surface area contributed by atoms with E-state index in [0.717, 1.165) is 18.7 Å². The van der Waals surface area contributed by atoms with Crippen molar-refractivity contribution in [1.82, 2.24) is 10.2 Å². The predicted octanol–water partition coefficient (Wildman–Crippen LogP) is 2.57. The van der Waals surface area contributed by atoms with Crippen LogP contribution in [0.1, 0.15) is 31.4 Å². The van der Waals surface area contributed by atoms with Crippen molar-refractivity contribution in [2.24, 2.45) is 0 Å². The first-order valence-electron chi connectivity index (χ1n) is 6.47. The van der Waals surface area contributed by atoms with Crippen LogP contribution in [0.3, 0.4) is 0 Å². The zero-order valence-electron chi connectivity index (χ0n) is 10.5. The Hall–Kier alpha value is -0.930. The van der Waals surface area contributed by atoms with E-state index in [1.165, 1.54) is 38.1 Å². The van der Waals surface area contributed by atoms with Crippen LogP contribution in [0.4, 0.5) is 4.39 Å². The number of halogens is 1. The number of hydrogen-bond donors (Lipinski definition) is 1. The fourth-order valence-corrected chi connectivity index (χ4v) is 2.31. The van der Waals surface area contributed by atoms with Crippen molar-refractivity contribution in [3.8, 4) is 0 Å². The summed E-state index contributed by atoms with van der Waals surface area (Å²) >= 11 is 0. The van der Waals surface area contributed by atoms with Gasteiger partial charge < -0.3 is 10.2 Å². The standard InChI is InChI=1S/C14H21FN2/c1-12(13-4-6-14(15)7-5-13)16-8-11-17-9-2-3-10-17/h4-7,12,16H,2-3,8-11H2,1H3. The van der Waals surface area contributed by atoms with Gasteiger partial charge in [-0.2, -0.15) is 0 Å². The van der Waals surface area contributed by atoms with E-state index in [2.05, 4.69) is 17.1 Å². The van der Waals surface area contributed by atoms with E-state index in [1.54, 1.807) is 0 Å². The van der Waals surface area contributed by atoms with Gasteiger partial charge in [-0.3, -0.25) is 0 Å². The Kier molecular flexibility index (Phi) is 4.51. The molecule has 0 spiro atoms. The molecule has 0 bridgehead atoms. The van der Waals surface area contributed by atoms with Gasteiger partial charge in [-0.25, -0.2) is 4.39 Å². The maximum absolute atomic E-state index is 12.8. The highest BCUT2D eigenvalue weighted by atomic mass is 19.1. The lowest BCUT2D eigenvalue weighted by molar-refractivity contribution is 0.330. The van der Waals surface area contributed by atoms with Crippen molar-refractivity contribution >= 4 is 0 Å². The van der Waals surface area contributed by atoms with E-state index in [9.17, 15) is 4.39 Å². The summed E-state index contributed by atoms with van der Waals surface area (Å²) < 4.78 is 12.8. The summed E-state index contributed by atoms with van der Waals surface area (Å²) in [5, 5.41) is 3.48. The van der Waals surface area contributed by atoms with Gasteiger partial charge in [-0.05, 0) is 50.6 Å². The second-order valence-electron chi connectivity index (χ2n) is 4.78. The van der Waals surface area contributed by atoms with Crippen molar-refractivity contribution in [3.05, 3.63) is 35.6 Å². The molecule has 0 radical (unpaired) electrons. The monoisotopic (exact) mass is 236 g/mol. The summed E-state index contributed by atoms with van der Waals surface area (Å²) in [6.07, 6.45) is 2.68. The zero-order valence-corrected chi connectivity index (χ0v) is 10.5. The van der Waals surface area contributed by atoms with E-state index in [1.807, 2.05) is 12.1 Å². The average Bonchev–Trinajstić information content (AvgIpc) is 2.83. The van der Waals surface area contributed by atoms with Crippen LogP contribution in [-0.4, -0.2) is 31.1 Å². The molecule has 0 aromatic heterocycles. The van der Waals surface area contributed by atoms with Crippen molar-refractivity contribution in [2.75, 3.05) is 26.2 Å². The third-order valence-corrected chi connectivity index (χ3v) is 3.45. The van der Waals surface area contributed by atoms with Gasteiger partial charge in [0.1, 0.15) is 5.82 Å². The molecule has 3 heteroatoms. The van der Waals surface area contributed by atoms with E-state index in [0.29, 0.717) is 6.04 Å². The number of hydrogen-bond acceptors (Lipinski definition) is 2. The summed E-state index contributed by atoms with van der Waals surface area (Å²) in [6, 6.07) is 7.03. The van der Waals surface area contributed by atoms with Crippen LogP contribution in [0.5, 0.6) is 0 Å². The second kappa shape index (κ2) is 6.12. The SMILES string of the molecule is CC(NCCN1CCCC1)c1ccc(F)cc1. The molecule has 1 saturated heterocycles. The molecule has 1 aliphatic rings. The maximum atomic E-state index is 12.8. The van der Waals surface area contributed by atoms with Gasteiger partial charge in [0.2, 0.25) is 0 Å². The Morgan fingerprint density at radius 2 is 1.88 bits per heavy atom. The molecular formula is C14H21FN2. The molecule has 94 valence electrons. The fraction of sp³-hybridized carbons (Fsp3) is 0.571. The van der Waals surface area contributed by atoms with Gasteiger partial charge in [0.05, 0.1) is 0 Å². The third kappa shape index (κ3) is 3.79. The van der Waals surface area contributed by atoms with Crippen LogP contribution in [0.2, 0.25) is 0 Å². The van der Waals surface area contributed by atoms with E-state index < -0.39 is 0 Å². The van der Waals surface area contributed by atoms with Crippen LogP contribution in [0, 0.1) is 5.82 Å². The van der Waals surface area contributed by atoms with Gasteiger partial charge in [0.25, 0.3) is 0 Å². The van der Waals surface area contributed by atoms with Crippen molar-refractivity contribution in [2.45, 2.75) is 25.8 Å². The first-order valence-corrected chi connectivity index (χ1v) is 6.47. The van der Waals surface area contributed by atoms with Crippen LogP contribution in [0.15, 0.2) is 24.3 Å². The Bertz CT molecular complexity index is 331. The largest absolute Gasteiger partial charge is 0.309 e. The lowest BCUT2D eigenvalue weighted by Crippen LogP contribution is -2.31. The molecule has 1 aromatic rings. The van der Waals surface area contributed by atoms with Gasteiger partial charge >= 0.3 is 0 Å². The maximum Gasteiger partial charge on any atom is 0.123 e. The normalized spacial score (nSPS) is 18.5. The molecular weight excluding hydrogens is 215 g/mol. The Balaban J connectivity index is 1.72. The van der Waals surface area contributed by atoms with Crippen LogP contribution in [-0.2, 0) is 0 Å². The molecule has 1 unspecified atom stereocenters. The van der Waals surface area contributed by atoms with Crippen LogP contribution in [0.25, 0.3) is 0 Å². The van der Waals surface area contributed by atoms with Crippen molar-refractivity contribution < 1.29 is 4.39 Å². The first-order chi connectivity index (χ1) is 8.25. The van der Waals surface area contributed by atoms with Gasteiger partial charge in [-0.15, -0.1) is 0 Å². The minimum atomic E-state index is -0.169. The molecule has 0 amide bonds. The van der Waals surface area contributed by atoms with Crippen LogP contribution >= 0.6 is 0 Å².